The van der Waals surface area contributed by atoms with E-state index < -0.39 is 23.3 Å². The Morgan fingerprint density at radius 1 is 1.26 bits per heavy atom. The third-order valence-corrected chi connectivity index (χ3v) is 4.05. The van der Waals surface area contributed by atoms with E-state index in [0.29, 0.717) is 10.6 Å². The summed E-state index contributed by atoms with van der Waals surface area (Å²) < 4.78 is 4.99. The first-order valence-corrected chi connectivity index (χ1v) is 7.26. The van der Waals surface area contributed by atoms with Gasteiger partial charge in [-0.1, -0.05) is 23.7 Å². The van der Waals surface area contributed by atoms with Gasteiger partial charge in [0.25, 0.3) is 5.91 Å². The van der Waals surface area contributed by atoms with E-state index in [2.05, 4.69) is 5.32 Å². The number of hydrogen-bond acceptors (Lipinski definition) is 4. The first-order chi connectivity index (χ1) is 10.9. The number of Topliss-reactive ketones (excluding diaryl/α,β-unsaturated/α-hetero) is 1. The van der Waals surface area contributed by atoms with Crippen LogP contribution in [-0.2, 0) is 10.3 Å². The maximum absolute atomic E-state index is 12.7. The predicted molar refractivity (Wildman–Crippen MR) is 82.1 cm³/mol. The van der Waals surface area contributed by atoms with Gasteiger partial charge in [0.1, 0.15) is 5.54 Å². The Labute approximate surface area is 137 Å². The molecule has 118 valence electrons. The monoisotopic (exact) mass is 332 g/mol. The van der Waals surface area contributed by atoms with Crippen molar-refractivity contribution in [3.63, 3.8) is 0 Å². The number of halogens is 1. The summed E-state index contributed by atoms with van der Waals surface area (Å²) in [5.41, 5.74) is -0.640. The van der Waals surface area contributed by atoms with Gasteiger partial charge in [-0.15, -0.1) is 0 Å². The molecule has 1 fully saturated rings. The van der Waals surface area contributed by atoms with Crippen molar-refractivity contribution in [3.8, 4) is 0 Å². The zero-order chi connectivity index (χ0) is 16.6. The van der Waals surface area contributed by atoms with Crippen LogP contribution in [-0.4, -0.2) is 29.2 Å². The standard InChI is InChI=1S/C16H13ClN2O4/c1-16(10-4-6-11(17)7-5-10)14(21)19(15(22)18-16)9-12(20)13-3-2-8-23-13/h2-8H,9H2,1H3,(H,18,22)/t16-/m1/s1. The Hall–Kier alpha value is -2.60. The second-order valence-corrected chi connectivity index (χ2v) is 5.79. The van der Waals surface area contributed by atoms with Gasteiger partial charge in [0, 0.05) is 5.02 Å². The van der Waals surface area contributed by atoms with Crippen LogP contribution in [0.1, 0.15) is 23.0 Å². The number of furan rings is 1. The van der Waals surface area contributed by atoms with Crippen molar-refractivity contribution in [2.75, 3.05) is 6.54 Å². The number of urea groups is 1. The highest BCUT2D eigenvalue weighted by atomic mass is 35.5. The van der Waals surface area contributed by atoms with Gasteiger partial charge in [-0.3, -0.25) is 14.5 Å². The molecule has 0 aliphatic carbocycles. The molecule has 2 aromatic rings. The molecule has 1 atom stereocenters. The number of carbonyl (C=O) groups excluding carboxylic acids is 3. The molecule has 1 N–H and O–H groups in total. The molecule has 1 aliphatic heterocycles. The van der Waals surface area contributed by atoms with Crippen LogP contribution in [0.4, 0.5) is 4.79 Å². The summed E-state index contributed by atoms with van der Waals surface area (Å²) in [4.78, 5) is 37.7. The van der Waals surface area contributed by atoms with Gasteiger partial charge in [0.05, 0.1) is 12.8 Å². The molecule has 2 heterocycles. The molecule has 0 spiro atoms. The Morgan fingerprint density at radius 3 is 2.57 bits per heavy atom. The number of benzene rings is 1. The SMILES string of the molecule is C[C@]1(c2ccc(Cl)cc2)NC(=O)N(CC(=O)c2ccco2)C1=O. The molecule has 23 heavy (non-hydrogen) atoms. The van der Waals surface area contributed by atoms with Gasteiger partial charge in [-0.05, 0) is 36.8 Å². The summed E-state index contributed by atoms with van der Waals surface area (Å²) in [5, 5.41) is 3.15. The minimum Gasteiger partial charge on any atom is -0.461 e. The molecule has 1 saturated heterocycles. The van der Waals surface area contributed by atoms with E-state index >= 15 is 0 Å². The predicted octanol–water partition coefficient (Wildman–Crippen LogP) is 2.58. The molecule has 6 nitrogen and oxygen atoms in total. The highest BCUT2D eigenvalue weighted by Gasteiger charge is 2.49. The van der Waals surface area contributed by atoms with E-state index in [1.807, 2.05) is 0 Å². The van der Waals surface area contributed by atoms with Crippen LogP contribution in [0.3, 0.4) is 0 Å². The third-order valence-electron chi connectivity index (χ3n) is 3.79. The van der Waals surface area contributed by atoms with E-state index in [0.717, 1.165) is 4.90 Å². The van der Waals surface area contributed by atoms with Crippen molar-refractivity contribution in [1.82, 2.24) is 10.2 Å². The average Bonchev–Trinajstić information content (AvgIpc) is 3.12. The lowest BCUT2D eigenvalue weighted by Gasteiger charge is -2.22. The Bertz CT molecular complexity index is 770. The van der Waals surface area contributed by atoms with Gasteiger partial charge in [0.15, 0.2) is 5.76 Å². The zero-order valence-electron chi connectivity index (χ0n) is 12.2. The number of rotatable bonds is 4. The zero-order valence-corrected chi connectivity index (χ0v) is 13.0. The lowest BCUT2D eigenvalue weighted by atomic mass is 9.92. The van der Waals surface area contributed by atoms with E-state index in [-0.39, 0.29) is 12.3 Å². The fraction of sp³-hybridized carbons (Fsp3) is 0.188. The first kappa shape index (κ1) is 15.3. The van der Waals surface area contributed by atoms with Gasteiger partial charge in [-0.25, -0.2) is 4.79 Å². The highest BCUT2D eigenvalue weighted by molar-refractivity contribution is 6.30. The fourth-order valence-corrected chi connectivity index (χ4v) is 2.60. The minimum absolute atomic E-state index is 0.102. The van der Waals surface area contributed by atoms with Crippen molar-refractivity contribution >= 4 is 29.3 Å². The van der Waals surface area contributed by atoms with E-state index in [4.69, 9.17) is 16.0 Å². The molecule has 3 rings (SSSR count). The molecule has 3 amide bonds. The molecule has 0 saturated carbocycles. The van der Waals surface area contributed by atoms with Crippen LogP contribution >= 0.6 is 11.6 Å². The van der Waals surface area contributed by atoms with Gasteiger partial charge in [0.2, 0.25) is 5.78 Å². The third kappa shape index (κ3) is 2.61. The Morgan fingerprint density at radius 2 is 1.96 bits per heavy atom. The van der Waals surface area contributed by atoms with Crippen molar-refractivity contribution in [2.45, 2.75) is 12.5 Å². The number of carbonyl (C=O) groups is 3. The first-order valence-electron chi connectivity index (χ1n) is 6.88. The van der Waals surface area contributed by atoms with Crippen LogP contribution in [0.2, 0.25) is 5.02 Å². The summed E-state index contributed by atoms with van der Waals surface area (Å²) in [6.07, 6.45) is 1.36. The fourth-order valence-electron chi connectivity index (χ4n) is 2.48. The average molecular weight is 333 g/mol. The number of nitrogens with zero attached hydrogens (tertiary/aromatic N) is 1. The molecule has 0 unspecified atom stereocenters. The van der Waals surface area contributed by atoms with Crippen LogP contribution in [0, 0.1) is 0 Å². The summed E-state index contributed by atoms with van der Waals surface area (Å²) in [7, 11) is 0. The minimum atomic E-state index is -1.23. The number of hydrogen-bond donors (Lipinski definition) is 1. The number of ketones is 1. The lowest BCUT2D eigenvalue weighted by Crippen LogP contribution is -2.41. The molecular weight excluding hydrogens is 320 g/mol. The Balaban J connectivity index is 1.85. The molecule has 0 bridgehead atoms. The van der Waals surface area contributed by atoms with Crippen molar-refractivity contribution in [3.05, 3.63) is 59.0 Å². The van der Waals surface area contributed by atoms with Crippen LogP contribution in [0.25, 0.3) is 0 Å². The topological polar surface area (TPSA) is 79.6 Å². The summed E-state index contributed by atoms with van der Waals surface area (Å²) >= 11 is 5.85. The maximum atomic E-state index is 12.7. The van der Waals surface area contributed by atoms with Crippen LogP contribution < -0.4 is 5.32 Å². The molecular formula is C16H13ClN2O4. The normalized spacial score (nSPS) is 20.7. The molecule has 1 aliphatic rings. The van der Waals surface area contributed by atoms with Crippen molar-refractivity contribution in [1.29, 1.82) is 0 Å². The number of imide groups is 1. The molecule has 1 aromatic carbocycles. The van der Waals surface area contributed by atoms with Gasteiger partial charge in [-0.2, -0.15) is 0 Å². The Kier molecular flexibility index (Phi) is 3.69. The molecule has 7 heteroatoms. The number of amides is 3. The van der Waals surface area contributed by atoms with Crippen molar-refractivity contribution in [2.24, 2.45) is 0 Å². The lowest BCUT2D eigenvalue weighted by molar-refractivity contribution is -0.130. The van der Waals surface area contributed by atoms with Crippen LogP contribution in [0.5, 0.6) is 0 Å². The number of nitrogens with one attached hydrogen (secondary N) is 1. The largest absolute Gasteiger partial charge is 0.461 e. The second-order valence-electron chi connectivity index (χ2n) is 5.35. The van der Waals surface area contributed by atoms with E-state index in [9.17, 15) is 14.4 Å². The maximum Gasteiger partial charge on any atom is 0.325 e. The van der Waals surface area contributed by atoms with E-state index in [1.54, 1.807) is 37.3 Å². The quantitative estimate of drug-likeness (QED) is 0.689. The highest BCUT2D eigenvalue weighted by Crippen LogP contribution is 2.29. The van der Waals surface area contributed by atoms with Crippen LogP contribution in [0.15, 0.2) is 47.1 Å². The summed E-state index contributed by atoms with van der Waals surface area (Å²) in [5.74, 6) is -0.839. The molecule has 1 aromatic heterocycles. The molecule has 0 radical (unpaired) electrons. The van der Waals surface area contributed by atoms with Crippen molar-refractivity contribution < 1.29 is 18.8 Å². The van der Waals surface area contributed by atoms with E-state index in [1.165, 1.54) is 12.3 Å². The second kappa shape index (κ2) is 5.55. The smallest absolute Gasteiger partial charge is 0.325 e. The van der Waals surface area contributed by atoms with Gasteiger partial charge >= 0.3 is 6.03 Å². The summed E-state index contributed by atoms with van der Waals surface area (Å²) in [6.45, 7) is 1.22. The van der Waals surface area contributed by atoms with Gasteiger partial charge < -0.3 is 9.73 Å². The summed E-state index contributed by atoms with van der Waals surface area (Å²) in [6, 6.07) is 9.04.